The van der Waals surface area contributed by atoms with Gasteiger partial charge in [-0.15, -0.1) is 0 Å². The van der Waals surface area contributed by atoms with Gasteiger partial charge in [-0.05, 0) is 55.5 Å². The van der Waals surface area contributed by atoms with Gasteiger partial charge in [0.25, 0.3) is 5.91 Å². The first-order valence-corrected chi connectivity index (χ1v) is 10.8. The normalized spacial score (nSPS) is 15.8. The zero-order valence-corrected chi connectivity index (χ0v) is 17.0. The van der Waals surface area contributed by atoms with Crippen molar-refractivity contribution in [1.82, 2.24) is 9.21 Å². The monoisotopic (exact) mass is 442 g/mol. The lowest BCUT2D eigenvalue weighted by atomic mass is 10.2. The summed E-state index contributed by atoms with van der Waals surface area (Å²) in [7, 11) is -3.94. The molecule has 0 spiro atoms. The van der Waals surface area contributed by atoms with Gasteiger partial charge in [-0.25, -0.2) is 8.42 Å². The molecule has 3 rings (SSSR count). The maximum Gasteiger partial charge on any atom is 0.416 e. The number of sulfonamides is 1. The summed E-state index contributed by atoms with van der Waals surface area (Å²) < 4.78 is 70.0. The van der Waals surface area contributed by atoms with Gasteiger partial charge < -0.3 is 9.64 Å². The number of rotatable bonds is 5. The average molecular weight is 442 g/mol. The highest BCUT2D eigenvalue weighted by Crippen LogP contribution is 2.30. The van der Waals surface area contributed by atoms with Crippen molar-refractivity contribution in [1.29, 1.82) is 0 Å². The van der Waals surface area contributed by atoms with Crippen molar-refractivity contribution >= 4 is 15.9 Å². The summed E-state index contributed by atoms with van der Waals surface area (Å²) in [5.41, 5.74) is -0.440. The van der Waals surface area contributed by atoms with Crippen molar-refractivity contribution in [2.75, 3.05) is 32.8 Å². The molecule has 6 nitrogen and oxygen atoms in total. The van der Waals surface area contributed by atoms with Crippen molar-refractivity contribution in [2.45, 2.75) is 18.0 Å². The second-order valence-electron chi connectivity index (χ2n) is 6.68. The standard InChI is InChI=1S/C20H21F3N2O4S/c1-2-29-17-7-3-15(4-8-17)19(26)24-11-13-25(14-12-24)30(27,28)18-9-5-16(6-10-18)20(21,22)23/h3-10H,2,11-14H2,1H3. The maximum atomic E-state index is 12.7. The summed E-state index contributed by atoms with van der Waals surface area (Å²) in [5.74, 6) is 0.436. The minimum Gasteiger partial charge on any atom is -0.494 e. The fraction of sp³-hybridized carbons (Fsp3) is 0.350. The van der Waals surface area contributed by atoms with E-state index in [2.05, 4.69) is 0 Å². The molecule has 1 aliphatic heterocycles. The number of halogens is 3. The number of piperazine rings is 1. The lowest BCUT2D eigenvalue weighted by molar-refractivity contribution is -0.137. The Balaban J connectivity index is 1.64. The zero-order chi connectivity index (χ0) is 21.9. The molecule has 1 heterocycles. The van der Waals surface area contributed by atoms with Crippen molar-refractivity contribution in [3.05, 3.63) is 59.7 Å². The van der Waals surface area contributed by atoms with Crippen LogP contribution in [0.4, 0.5) is 13.2 Å². The Labute approximate surface area is 172 Å². The second-order valence-corrected chi connectivity index (χ2v) is 8.61. The molecule has 0 aliphatic carbocycles. The van der Waals surface area contributed by atoms with E-state index >= 15 is 0 Å². The molecule has 0 unspecified atom stereocenters. The number of nitrogens with zero attached hydrogens (tertiary/aromatic N) is 2. The predicted octanol–water partition coefficient (Wildman–Crippen LogP) is 3.25. The summed E-state index contributed by atoms with van der Waals surface area (Å²) in [6.07, 6.45) is -4.53. The van der Waals surface area contributed by atoms with Crippen LogP contribution >= 0.6 is 0 Å². The number of carbonyl (C=O) groups excluding carboxylic acids is 1. The fourth-order valence-corrected chi connectivity index (χ4v) is 4.56. The zero-order valence-electron chi connectivity index (χ0n) is 16.2. The van der Waals surface area contributed by atoms with Crippen LogP contribution in [0.2, 0.25) is 0 Å². The number of benzene rings is 2. The lowest BCUT2D eigenvalue weighted by Gasteiger charge is -2.34. The Morgan fingerprint density at radius 2 is 1.53 bits per heavy atom. The van der Waals surface area contributed by atoms with Crippen molar-refractivity contribution in [3.63, 3.8) is 0 Å². The van der Waals surface area contributed by atoms with Crippen molar-refractivity contribution < 1.29 is 31.1 Å². The van der Waals surface area contributed by atoms with Crippen LogP contribution in [0.25, 0.3) is 0 Å². The van der Waals surface area contributed by atoms with Crippen LogP contribution in [0.5, 0.6) is 5.75 Å². The van der Waals surface area contributed by atoms with Crippen LogP contribution in [0, 0.1) is 0 Å². The third-order valence-corrected chi connectivity index (χ3v) is 6.67. The van der Waals surface area contributed by atoms with E-state index in [1.807, 2.05) is 6.92 Å². The topological polar surface area (TPSA) is 66.9 Å². The van der Waals surface area contributed by atoms with E-state index in [9.17, 15) is 26.4 Å². The fourth-order valence-electron chi connectivity index (χ4n) is 3.14. The van der Waals surface area contributed by atoms with Gasteiger partial charge in [0.05, 0.1) is 17.1 Å². The summed E-state index contributed by atoms with van der Waals surface area (Å²) in [5, 5.41) is 0. The number of ether oxygens (including phenoxy) is 1. The van der Waals surface area contributed by atoms with E-state index in [4.69, 9.17) is 4.74 Å². The Bertz CT molecular complexity index is 982. The molecule has 0 saturated carbocycles. The van der Waals surface area contributed by atoms with Crippen LogP contribution in [-0.2, 0) is 16.2 Å². The molecule has 1 saturated heterocycles. The highest BCUT2D eigenvalue weighted by Gasteiger charge is 2.33. The van der Waals surface area contributed by atoms with Crippen molar-refractivity contribution in [3.8, 4) is 5.75 Å². The summed E-state index contributed by atoms with van der Waals surface area (Å²) in [4.78, 5) is 14.0. The van der Waals surface area contributed by atoms with Crippen molar-refractivity contribution in [2.24, 2.45) is 0 Å². The van der Waals surface area contributed by atoms with Gasteiger partial charge in [-0.3, -0.25) is 4.79 Å². The molecule has 1 aliphatic rings. The molecule has 0 bridgehead atoms. The first-order chi connectivity index (χ1) is 14.1. The summed E-state index contributed by atoms with van der Waals surface area (Å²) in [6.45, 7) is 2.87. The number of hydrogen-bond acceptors (Lipinski definition) is 4. The Morgan fingerprint density at radius 1 is 0.967 bits per heavy atom. The molecule has 162 valence electrons. The minimum atomic E-state index is -4.53. The molecule has 2 aromatic rings. The highest BCUT2D eigenvalue weighted by molar-refractivity contribution is 7.89. The number of carbonyl (C=O) groups is 1. The Morgan fingerprint density at radius 3 is 2.03 bits per heavy atom. The van der Waals surface area contributed by atoms with E-state index in [1.54, 1.807) is 29.2 Å². The van der Waals surface area contributed by atoms with E-state index in [1.165, 1.54) is 4.31 Å². The van der Waals surface area contributed by atoms with Gasteiger partial charge >= 0.3 is 6.18 Å². The first-order valence-electron chi connectivity index (χ1n) is 9.32. The first kappa shape index (κ1) is 22.1. The molecule has 0 N–H and O–H groups in total. The molecule has 10 heteroatoms. The molecule has 0 aromatic heterocycles. The maximum absolute atomic E-state index is 12.7. The van der Waals surface area contributed by atoms with Gasteiger partial charge in [0.1, 0.15) is 5.75 Å². The quantitative estimate of drug-likeness (QED) is 0.713. The molecule has 0 atom stereocenters. The molecule has 1 amide bonds. The van der Waals surface area contributed by atoms with Crippen LogP contribution in [0.15, 0.2) is 53.4 Å². The number of amides is 1. The van der Waals surface area contributed by atoms with E-state index < -0.39 is 21.8 Å². The van der Waals surface area contributed by atoms with Gasteiger partial charge in [0.2, 0.25) is 10.0 Å². The smallest absolute Gasteiger partial charge is 0.416 e. The summed E-state index contributed by atoms with van der Waals surface area (Å²) >= 11 is 0. The van der Waals surface area contributed by atoms with E-state index in [-0.39, 0.29) is 37.0 Å². The second kappa shape index (κ2) is 8.65. The lowest BCUT2D eigenvalue weighted by Crippen LogP contribution is -2.50. The highest BCUT2D eigenvalue weighted by atomic mass is 32.2. The molecular formula is C20H21F3N2O4S. The third-order valence-electron chi connectivity index (χ3n) is 4.76. The van der Waals surface area contributed by atoms with Gasteiger partial charge in [0, 0.05) is 31.7 Å². The van der Waals surface area contributed by atoms with Gasteiger partial charge in [-0.1, -0.05) is 0 Å². The molecule has 0 radical (unpaired) electrons. The van der Waals surface area contributed by atoms with E-state index in [0.29, 0.717) is 17.9 Å². The van der Waals surface area contributed by atoms with Crippen LogP contribution in [0.3, 0.4) is 0 Å². The molecule has 2 aromatic carbocycles. The Hall–Kier alpha value is -2.59. The average Bonchev–Trinajstić information content (AvgIpc) is 2.73. The number of alkyl halides is 3. The SMILES string of the molecule is CCOc1ccc(C(=O)N2CCN(S(=O)(=O)c3ccc(C(F)(F)F)cc3)CC2)cc1. The van der Waals surface area contributed by atoms with Gasteiger partial charge in [0.15, 0.2) is 0 Å². The van der Waals surface area contributed by atoms with Crippen LogP contribution < -0.4 is 4.74 Å². The van der Waals surface area contributed by atoms with E-state index in [0.717, 1.165) is 24.3 Å². The predicted molar refractivity (Wildman–Crippen MR) is 104 cm³/mol. The van der Waals surface area contributed by atoms with Crippen LogP contribution in [-0.4, -0.2) is 56.3 Å². The number of hydrogen-bond donors (Lipinski definition) is 0. The van der Waals surface area contributed by atoms with Crippen LogP contribution in [0.1, 0.15) is 22.8 Å². The minimum absolute atomic E-state index is 0.0616. The van der Waals surface area contributed by atoms with Gasteiger partial charge in [-0.2, -0.15) is 17.5 Å². The summed E-state index contributed by atoms with van der Waals surface area (Å²) in [6, 6.07) is 10.1. The third kappa shape index (κ3) is 4.76. The molecule has 30 heavy (non-hydrogen) atoms. The Kier molecular flexibility index (Phi) is 6.37. The molecular weight excluding hydrogens is 421 g/mol. The molecule has 1 fully saturated rings. The largest absolute Gasteiger partial charge is 0.494 e.